The van der Waals surface area contributed by atoms with E-state index in [-0.39, 0.29) is 17.2 Å². The Hall–Kier alpha value is -1.94. The minimum Gasteiger partial charge on any atom is -0.319 e. The van der Waals surface area contributed by atoms with Gasteiger partial charge in [-0.2, -0.15) is 5.26 Å². The van der Waals surface area contributed by atoms with Gasteiger partial charge < -0.3 is 5.32 Å². The fraction of sp³-hybridized carbons (Fsp3) is 0. The van der Waals surface area contributed by atoms with E-state index in [0.29, 0.717) is 5.56 Å². The summed E-state index contributed by atoms with van der Waals surface area (Å²) in [4.78, 5) is 11.9. The van der Waals surface area contributed by atoms with Crippen LogP contribution in [0.3, 0.4) is 0 Å². The molecule has 3 nitrogen and oxygen atoms in total. The number of nitrogens with one attached hydrogen (secondary N) is 1. The first-order chi connectivity index (χ1) is 9.10. The number of carbonyl (C=O) groups is 1. The zero-order chi connectivity index (χ0) is 13.8. The number of hydrogen-bond acceptors (Lipinski definition) is 2. The second-order valence-electron chi connectivity index (χ2n) is 3.77. The molecule has 1 N–H and O–H groups in total. The summed E-state index contributed by atoms with van der Waals surface area (Å²) in [5.74, 6) is -1.02. The number of amides is 1. The van der Waals surface area contributed by atoms with Gasteiger partial charge in [0.05, 0.1) is 17.3 Å². The van der Waals surface area contributed by atoms with Crippen molar-refractivity contribution in [2.24, 2.45) is 0 Å². The first-order valence-electron chi connectivity index (χ1n) is 5.37. The molecule has 0 spiro atoms. The highest BCUT2D eigenvalue weighted by Crippen LogP contribution is 2.17. The van der Waals surface area contributed by atoms with E-state index in [1.54, 1.807) is 24.3 Å². The van der Waals surface area contributed by atoms with Crippen molar-refractivity contribution in [3.8, 4) is 6.07 Å². The fourth-order valence-corrected chi connectivity index (χ4v) is 1.84. The molecule has 2 aromatic carbocycles. The van der Waals surface area contributed by atoms with Gasteiger partial charge in [0.25, 0.3) is 5.91 Å². The minimum atomic E-state index is -0.627. The second kappa shape index (κ2) is 5.80. The van der Waals surface area contributed by atoms with Crippen LogP contribution in [0, 0.1) is 20.7 Å². The van der Waals surface area contributed by atoms with Gasteiger partial charge in [-0.3, -0.25) is 4.79 Å². The third kappa shape index (κ3) is 3.29. The summed E-state index contributed by atoms with van der Waals surface area (Å²) in [5.41, 5.74) is 0.719. The van der Waals surface area contributed by atoms with Gasteiger partial charge in [0.1, 0.15) is 5.82 Å². The summed E-state index contributed by atoms with van der Waals surface area (Å²) < 4.78 is 14.6. The normalized spacial score (nSPS) is 9.74. The topological polar surface area (TPSA) is 52.9 Å². The van der Waals surface area contributed by atoms with Crippen molar-refractivity contribution in [3.63, 3.8) is 0 Å². The highest BCUT2D eigenvalue weighted by molar-refractivity contribution is 14.1. The van der Waals surface area contributed by atoms with Crippen molar-refractivity contribution < 1.29 is 9.18 Å². The number of hydrogen-bond donors (Lipinski definition) is 1. The second-order valence-corrected chi connectivity index (χ2v) is 5.01. The molecule has 0 saturated carbocycles. The molecule has 5 heteroatoms. The van der Waals surface area contributed by atoms with E-state index < -0.39 is 5.82 Å². The number of carbonyl (C=O) groups excluding carboxylic acids is 1. The Morgan fingerprint density at radius 2 is 1.89 bits per heavy atom. The molecular weight excluding hydrogens is 358 g/mol. The van der Waals surface area contributed by atoms with E-state index >= 15 is 0 Å². The Balaban J connectivity index is 2.20. The molecule has 0 saturated heterocycles. The van der Waals surface area contributed by atoms with Crippen LogP contribution in [-0.2, 0) is 0 Å². The maximum atomic E-state index is 13.6. The van der Waals surface area contributed by atoms with E-state index in [1.165, 1.54) is 12.1 Å². The van der Waals surface area contributed by atoms with Gasteiger partial charge in [-0.1, -0.05) is 0 Å². The third-order valence-electron chi connectivity index (χ3n) is 2.45. The van der Waals surface area contributed by atoms with Crippen LogP contribution >= 0.6 is 22.6 Å². The van der Waals surface area contributed by atoms with Crippen LogP contribution in [0.25, 0.3) is 0 Å². The molecule has 0 bridgehead atoms. The Labute approximate surface area is 123 Å². The minimum absolute atomic E-state index is 0.0579. The number of halogens is 2. The highest BCUT2D eigenvalue weighted by Gasteiger charge is 2.09. The van der Waals surface area contributed by atoms with Crippen molar-refractivity contribution in [2.75, 3.05) is 5.32 Å². The van der Waals surface area contributed by atoms with Crippen LogP contribution in [-0.4, -0.2) is 5.91 Å². The predicted molar refractivity (Wildman–Crippen MR) is 78.2 cm³/mol. The van der Waals surface area contributed by atoms with E-state index in [1.807, 2.05) is 6.07 Å². The molecule has 0 aromatic heterocycles. The van der Waals surface area contributed by atoms with Gasteiger partial charge >= 0.3 is 0 Å². The molecule has 0 heterocycles. The lowest BCUT2D eigenvalue weighted by Crippen LogP contribution is -2.13. The Morgan fingerprint density at radius 3 is 2.47 bits per heavy atom. The molecule has 0 fully saturated rings. The lowest BCUT2D eigenvalue weighted by Gasteiger charge is -2.06. The van der Waals surface area contributed by atoms with Crippen molar-refractivity contribution >= 4 is 34.2 Å². The van der Waals surface area contributed by atoms with E-state index in [9.17, 15) is 9.18 Å². The number of nitriles is 1. The molecule has 94 valence electrons. The summed E-state index contributed by atoms with van der Waals surface area (Å²) in [6.45, 7) is 0. The smallest absolute Gasteiger partial charge is 0.255 e. The van der Waals surface area contributed by atoms with Crippen LogP contribution < -0.4 is 5.32 Å². The SMILES string of the molecule is N#Cc1ccc(NC(=O)c2ccc(I)cc2)c(F)c1. The number of benzene rings is 2. The maximum Gasteiger partial charge on any atom is 0.255 e. The van der Waals surface area contributed by atoms with Crippen LogP contribution in [0.2, 0.25) is 0 Å². The van der Waals surface area contributed by atoms with Gasteiger partial charge in [0.2, 0.25) is 0 Å². The third-order valence-corrected chi connectivity index (χ3v) is 3.17. The molecule has 19 heavy (non-hydrogen) atoms. The Bertz CT molecular complexity index is 662. The van der Waals surface area contributed by atoms with Gasteiger partial charge in [-0.15, -0.1) is 0 Å². The molecule has 2 aromatic rings. The lowest BCUT2D eigenvalue weighted by molar-refractivity contribution is 0.102. The summed E-state index contributed by atoms with van der Waals surface area (Å²) >= 11 is 2.13. The molecule has 0 atom stereocenters. The van der Waals surface area contributed by atoms with Crippen LogP contribution in [0.1, 0.15) is 15.9 Å². The molecule has 0 radical (unpaired) electrons. The van der Waals surface area contributed by atoms with Gasteiger partial charge in [-0.25, -0.2) is 4.39 Å². The summed E-state index contributed by atoms with van der Waals surface area (Å²) in [7, 11) is 0. The lowest BCUT2D eigenvalue weighted by atomic mass is 10.2. The largest absolute Gasteiger partial charge is 0.319 e. The van der Waals surface area contributed by atoms with Crippen LogP contribution in [0.4, 0.5) is 10.1 Å². The number of rotatable bonds is 2. The van der Waals surface area contributed by atoms with E-state index in [2.05, 4.69) is 27.9 Å². The molecule has 2 rings (SSSR count). The molecule has 1 amide bonds. The maximum absolute atomic E-state index is 13.6. The van der Waals surface area contributed by atoms with Gasteiger partial charge in [0.15, 0.2) is 0 Å². The molecular formula is C14H8FIN2O. The molecule has 0 unspecified atom stereocenters. The van der Waals surface area contributed by atoms with E-state index in [4.69, 9.17) is 5.26 Å². The average Bonchev–Trinajstić information content (AvgIpc) is 2.41. The van der Waals surface area contributed by atoms with Crippen molar-refractivity contribution in [1.29, 1.82) is 5.26 Å². The van der Waals surface area contributed by atoms with E-state index in [0.717, 1.165) is 9.64 Å². The molecule has 0 aliphatic heterocycles. The standard InChI is InChI=1S/C14H8FIN2O/c15-12-7-9(8-17)1-6-13(12)18-14(19)10-2-4-11(16)5-3-10/h1-7H,(H,18,19). The molecule has 0 aliphatic carbocycles. The highest BCUT2D eigenvalue weighted by atomic mass is 127. The van der Waals surface area contributed by atoms with Crippen molar-refractivity contribution in [3.05, 3.63) is 63.0 Å². The first-order valence-corrected chi connectivity index (χ1v) is 6.44. The zero-order valence-electron chi connectivity index (χ0n) is 9.65. The summed E-state index contributed by atoms with van der Waals surface area (Å²) in [5, 5.41) is 11.1. The zero-order valence-corrected chi connectivity index (χ0v) is 11.8. The van der Waals surface area contributed by atoms with Crippen LogP contribution in [0.15, 0.2) is 42.5 Å². The molecule has 0 aliphatic rings. The Morgan fingerprint density at radius 1 is 1.21 bits per heavy atom. The average molecular weight is 366 g/mol. The number of nitrogens with zero attached hydrogens (tertiary/aromatic N) is 1. The summed E-state index contributed by atoms with van der Waals surface area (Å²) in [6, 6.07) is 12.7. The van der Waals surface area contributed by atoms with Crippen molar-refractivity contribution in [1.82, 2.24) is 0 Å². The predicted octanol–water partition coefficient (Wildman–Crippen LogP) is 3.55. The quantitative estimate of drug-likeness (QED) is 0.827. The number of anilines is 1. The summed E-state index contributed by atoms with van der Waals surface area (Å²) in [6.07, 6.45) is 0. The van der Waals surface area contributed by atoms with Gasteiger partial charge in [-0.05, 0) is 65.1 Å². The first kappa shape index (κ1) is 13.5. The van der Waals surface area contributed by atoms with Crippen LogP contribution in [0.5, 0.6) is 0 Å². The van der Waals surface area contributed by atoms with Gasteiger partial charge in [0, 0.05) is 9.13 Å². The Kier molecular flexibility index (Phi) is 4.12. The monoisotopic (exact) mass is 366 g/mol. The fourth-order valence-electron chi connectivity index (χ4n) is 1.48. The van der Waals surface area contributed by atoms with Crippen molar-refractivity contribution in [2.45, 2.75) is 0 Å².